The molecule has 0 aliphatic carbocycles. The molecular weight excluding hydrogens is 370 g/mol. The van der Waals surface area contributed by atoms with Crippen molar-refractivity contribution in [2.45, 2.75) is 6.42 Å². The number of fused-ring (bicyclic) bond motifs is 1. The van der Waals surface area contributed by atoms with Crippen molar-refractivity contribution in [1.82, 2.24) is 25.3 Å². The number of carbonyl (C=O) groups excluding carboxylic acids is 1. The van der Waals surface area contributed by atoms with Crippen molar-refractivity contribution in [2.75, 3.05) is 6.54 Å². The number of nitrogens with one attached hydrogen (secondary N) is 2. The molecule has 4 rings (SSSR count). The van der Waals surface area contributed by atoms with Crippen LogP contribution in [-0.4, -0.2) is 32.4 Å². The average molecular weight is 384 g/mol. The Morgan fingerprint density at radius 1 is 1.23 bits per heavy atom. The lowest BCUT2D eigenvalue weighted by atomic mass is 10.2. The number of hydrogen-bond donors (Lipinski definition) is 2. The van der Waals surface area contributed by atoms with E-state index in [4.69, 9.17) is 11.6 Å². The smallest absolute Gasteiger partial charge is 0.253 e. The molecular formula is C18H14ClN5OS. The molecule has 0 fully saturated rings. The fraction of sp³-hybridized carbons (Fsp3) is 0.111. The largest absolute Gasteiger partial charge is 0.352 e. The van der Waals surface area contributed by atoms with Gasteiger partial charge in [-0.15, -0.1) is 11.3 Å². The summed E-state index contributed by atoms with van der Waals surface area (Å²) in [6, 6.07) is 9.30. The number of pyridine rings is 2. The molecule has 0 aliphatic rings. The molecule has 0 radical (unpaired) electrons. The van der Waals surface area contributed by atoms with Gasteiger partial charge in [-0.3, -0.25) is 4.79 Å². The Morgan fingerprint density at radius 2 is 2.12 bits per heavy atom. The van der Waals surface area contributed by atoms with E-state index < -0.39 is 0 Å². The van der Waals surface area contributed by atoms with Crippen molar-refractivity contribution in [3.8, 4) is 10.7 Å². The van der Waals surface area contributed by atoms with Crippen LogP contribution in [0.5, 0.6) is 0 Å². The number of amides is 1. The van der Waals surface area contributed by atoms with E-state index in [1.807, 2.05) is 23.6 Å². The zero-order chi connectivity index (χ0) is 17.9. The van der Waals surface area contributed by atoms with Crippen LogP contribution >= 0.6 is 22.9 Å². The zero-order valence-corrected chi connectivity index (χ0v) is 15.1. The third-order valence-corrected chi connectivity index (χ3v) is 4.96. The number of aromatic nitrogens is 4. The molecule has 0 saturated carbocycles. The lowest BCUT2D eigenvalue weighted by molar-refractivity contribution is 0.0955. The quantitative estimate of drug-likeness (QED) is 0.514. The van der Waals surface area contributed by atoms with Gasteiger partial charge in [0.05, 0.1) is 16.0 Å². The molecule has 2 N–H and O–H groups in total. The van der Waals surface area contributed by atoms with E-state index in [0.717, 1.165) is 10.4 Å². The van der Waals surface area contributed by atoms with E-state index in [-0.39, 0.29) is 5.91 Å². The standard InChI is InChI=1S/C18H14ClN5OS/c19-14-10-11(3-6-20-14)4-7-22-18(25)12-5-8-21-17-15(12)23-16(24-17)13-2-1-9-26-13/h1-3,5-6,8-10H,4,7H2,(H,22,25)(H,21,23,24). The summed E-state index contributed by atoms with van der Waals surface area (Å²) in [6.07, 6.45) is 3.92. The number of nitrogens with zero attached hydrogens (tertiary/aromatic N) is 3. The van der Waals surface area contributed by atoms with Gasteiger partial charge in [0.15, 0.2) is 11.5 Å². The summed E-state index contributed by atoms with van der Waals surface area (Å²) in [5, 5.41) is 5.36. The van der Waals surface area contributed by atoms with Crippen LogP contribution in [-0.2, 0) is 6.42 Å². The maximum atomic E-state index is 12.6. The minimum Gasteiger partial charge on any atom is -0.352 e. The monoisotopic (exact) mass is 383 g/mol. The average Bonchev–Trinajstić information content (AvgIpc) is 3.30. The van der Waals surface area contributed by atoms with Gasteiger partial charge in [-0.25, -0.2) is 15.0 Å². The number of imidazole rings is 1. The Morgan fingerprint density at radius 3 is 2.92 bits per heavy atom. The third kappa shape index (κ3) is 3.44. The Kier molecular flexibility index (Phi) is 4.64. The molecule has 0 spiro atoms. The first-order valence-electron chi connectivity index (χ1n) is 7.98. The molecule has 4 aromatic heterocycles. The number of thiophene rings is 1. The van der Waals surface area contributed by atoms with Crippen LogP contribution in [0, 0.1) is 0 Å². The first-order chi connectivity index (χ1) is 12.7. The lowest BCUT2D eigenvalue weighted by Crippen LogP contribution is -2.26. The fourth-order valence-corrected chi connectivity index (χ4v) is 3.51. The van der Waals surface area contributed by atoms with Crippen molar-refractivity contribution < 1.29 is 4.79 Å². The van der Waals surface area contributed by atoms with Gasteiger partial charge in [-0.1, -0.05) is 17.7 Å². The molecule has 0 bridgehead atoms. The number of hydrogen-bond acceptors (Lipinski definition) is 5. The van der Waals surface area contributed by atoms with Gasteiger partial charge in [-0.05, 0) is 41.6 Å². The van der Waals surface area contributed by atoms with Gasteiger partial charge in [0.1, 0.15) is 5.15 Å². The minimum absolute atomic E-state index is 0.168. The minimum atomic E-state index is -0.168. The second kappa shape index (κ2) is 7.23. The topological polar surface area (TPSA) is 83.6 Å². The van der Waals surface area contributed by atoms with Crippen molar-refractivity contribution >= 4 is 40.0 Å². The number of aromatic amines is 1. The van der Waals surface area contributed by atoms with E-state index >= 15 is 0 Å². The third-order valence-electron chi connectivity index (χ3n) is 3.88. The maximum Gasteiger partial charge on any atom is 0.253 e. The van der Waals surface area contributed by atoms with Crippen LogP contribution in [0.2, 0.25) is 5.15 Å². The molecule has 4 aromatic rings. The van der Waals surface area contributed by atoms with Crippen LogP contribution in [0.25, 0.3) is 21.9 Å². The highest BCUT2D eigenvalue weighted by Gasteiger charge is 2.15. The van der Waals surface area contributed by atoms with Crippen molar-refractivity contribution in [3.05, 3.63) is 64.4 Å². The number of rotatable bonds is 5. The Hall–Kier alpha value is -2.77. The molecule has 0 aromatic carbocycles. The summed E-state index contributed by atoms with van der Waals surface area (Å²) in [7, 11) is 0. The van der Waals surface area contributed by atoms with Gasteiger partial charge in [0, 0.05) is 18.9 Å². The second-order valence-electron chi connectivity index (χ2n) is 5.61. The molecule has 0 unspecified atom stereocenters. The highest BCUT2D eigenvalue weighted by Crippen LogP contribution is 2.25. The van der Waals surface area contributed by atoms with Gasteiger partial charge < -0.3 is 10.3 Å². The highest BCUT2D eigenvalue weighted by molar-refractivity contribution is 7.13. The van der Waals surface area contributed by atoms with Crippen LogP contribution in [0.15, 0.2) is 48.1 Å². The Balaban J connectivity index is 1.51. The van der Waals surface area contributed by atoms with Crippen LogP contribution < -0.4 is 5.32 Å². The summed E-state index contributed by atoms with van der Waals surface area (Å²) < 4.78 is 0. The summed E-state index contributed by atoms with van der Waals surface area (Å²) >= 11 is 7.46. The molecule has 130 valence electrons. The number of carbonyl (C=O) groups is 1. The number of halogens is 1. The van der Waals surface area contributed by atoms with Gasteiger partial charge in [0.25, 0.3) is 5.91 Å². The Bertz CT molecular complexity index is 1060. The van der Waals surface area contributed by atoms with Gasteiger partial charge in [-0.2, -0.15) is 0 Å². The van der Waals surface area contributed by atoms with Gasteiger partial charge in [0.2, 0.25) is 0 Å². The molecule has 4 heterocycles. The van der Waals surface area contributed by atoms with Crippen LogP contribution in [0.3, 0.4) is 0 Å². The van der Waals surface area contributed by atoms with E-state index in [1.165, 1.54) is 0 Å². The van der Waals surface area contributed by atoms with E-state index in [9.17, 15) is 4.79 Å². The van der Waals surface area contributed by atoms with Gasteiger partial charge >= 0.3 is 0 Å². The normalized spacial score (nSPS) is 11.0. The molecule has 6 nitrogen and oxygen atoms in total. The maximum absolute atomic E-state index is 12.6. The molecule has 0 saturated heterocycles. The molecule has 26 heavy (non-hydrogen) atoms. The Labute approximate surface area is 158 Å². The zero-order valence-electron chi connectivity index (χ0n) is 13.6. The first kappa shape index (κ1) is 16.7. The van der Waals surface area contributed by atoms with Crippen LogP contribution in [0.4, 0.5) is 0 Å². The molecule has 8 heteroatoms. The molecule has 1 amide bonds. The van der Waals surface area contributed by atoms with Crippen LogP contribution in [0.1, 0.15) is 15.9 Å². The van der Waals surface area contributed by atoms with E-state index in [0.29, 0.717) is 40.7 Å². The predicted molar refractivity (Wildman–Crippen MR) is 102 cm³/mol. The summed E-state index contributed by atoms with van der Waals surface area (Å²) in [5.74, 6) is 0.549. The predicted octanol–water partition coefficient (Wildman–Crippen LogP) is 3.71. The lowest BCUT2D eigenvalue weighted by Gasteiger charge is -2.06. The van der Waals surface area contributed by atoms with Crippen molar-refractivity contribution in [1.29, 1.82) is 0 Å². The summed E-state index contributed by atoms with van der Waals surface area (Å²) in [5.41, 5.74) is 2.71. The molecule has 0 aliphatic heterocycles. The first-order valence-corrected chi connectivity index (χ1v) is 9.24. The molecule has 0 atom stereocenters. The fourth-order valence-electron chi connectivity index (χ4n) is 2.64. The SMILES string of the molecule is O=C(NCCc1ccnc(Cl)c1)c1ccnc2nc(-c3cccs3)[nH]c12. The van der Waals surface area contributed by atoms with E-state index in [1.54, 1.807) is 35.9 Å². The second-order valence-corrected chi connectivity index (χ2v) is 6.95. The van der Waals surface area contributed by atoms with Crippen molar-refractivity contribution in [3.63, 3.8) is 0 Å². The van der Waals surface area contributed by atoms with E-state index in [2.05, 4.69) is 25.3 Å². The summed E-state index contributed by atoms with van der Waals surface area (Å²) in [4.78, 5) is 29.5. The highest BCUT2D eigenvalue weighted by atomic mass is 35.5. The number of H-pyrrole nitrogens is 1. The van der Waals surface area contributed by atoms with Crippen molar-refractivity contribution in [2.24, 2.45) is 0 Å². The summed E-state index contributed by atoms with van der Waals surface area (Å²) in [6.45, 7) is 0.495.